The van der Waals surface area contributed by atoms with Crippen LogP contribution in [0.1, 0.15) is 25.3 Å². The molecule has 0 saturated carbocycles. The molecule has 0 spiro atoms. The maximum Gasteiger partial charge on any atom is 0.139 e. The smallest absolute Gasteiger partial charge is 0.139 e. The molecule has 0 amide bonds. The van der Waals surface area contributed by atoms with Crippen molar-refractivity contribution in [2.24, 2.45) is 4.99 Å². The molecule has 4 heteroatoms. The van der Waals surface area contributed by atoms with E-state index in [-0.39, 0.29) is 0 Å². The van der Waals surface area contributed by atoms with Crippen molar-refractivity contribution in [2.75, 3.05) is 27.4 Å². The minimum atomic E-state index is 0.377. The molecule has 1 aromatic rings. The van der Waals surface area contributed by atoms with Gasteiger partial charge >= 0.3 is 0 Å². The zero-order chi connectivity index (χ0) is 13.5. The molecule has 0 unspecified atom stereocenters. The number of methoxy groups -OCH3 is 1. The lowest BCUT2D eigenvalue weighted by molar-refractivity contribution is 0.145. The SMILES string of the molecule is C=Cn1cc(OCCOC)c(C(C)C)cc1=NC. The third kappa shape index (κ3) is 3.47. The molecule has 0 fully saturated rings. The molecule has 0 aliphatic carbocycles. The summed E-state index contributed by atoms with van der Waals surface area (Å²) in [5.41, 5.74) is 2.01. The summed E-state index contributed by atoms with van der Waals surface area (Å²) < 4.78 is 12.6. The lowest BCUT2D eigenvalue weighted by Gasteiger charge is -2.15. The average Bonchev–Trinajstić information content (AvgIpc) is 2.38. The lowest BCUT2D eigenvalue weighted by Crippen LogP contribution is -2.19. The Labute approximate surface area is 109 Å². The highest BCUT2D eigenvalue weighted by Gasteiger charge is 2.09. The Hall–Kier alpha value is -1.55. The third-order valence-electron chi connectivity index (χ3n) is 2.68. The third-order valence-corrected chi connectivity index (χ3v) is 2.68. The van der Waals surface area contributed by atoms with Crippen LogP contribution in [0.4, 0.5) is 0 Å². The van der Waals surface area contributed by atoms with Gasteiger partial charge in [0.2, 0.25) is 0 Å². The second-order valence-corrected chi connectivity index (χ2v) is 4.26. The number of ether oxygens (including phenoxy) is 2. The zero-order valence-corrected chi connectivity index (χ0v) is 11.6. The first-order chi connectivity index (χ1) is 8.63. The quantitative estimate of drug-likeness (QED) is 0.726. The molecule has 0 N–H and O–H groups in total. The van der Waals surface area contributed by atoms with Crippen LogP contribution in [0.5, 0.6) is 5.75 Å². The predicted octanol–water partition coefficient (Wildman–Crippen LogP) is 2.27. The fourth-order valence-electron chi connectivity index (χ4n) is 1.68. The highest BCUT2D eigenvalue weighted by atomic mass is 16.5. The first-order valence-electron chi connectivity index (χ1n) is 6.07. The molecule has 0 aliphatic heterocycles. The van der Waals surface area contributed by atoms with Crippen LogP contribution in [-0.4, -0.2) is 31.9 Å². The van der Waals surface area contributed by atoms with Crippen molar-refractivity contribution in [3.63, 3.8) is 0 Å². The van der Waals surface area contributed by atoms with Crippen molar-refractivity contribution in [3.8, 4) is 5.75 Å². The average molecular weight is 250 g/mol. The van der Waals surface area contributed by atoms with E-state index in [0.29, 0.717) is 19.1 Å². The monoisotopic (exact) mass is 250 g/mol. The van der Waals surface area contributed by atoms with Gasteiger partial charge in [-0.3, -0.25) is 4.99 Å². The van der Waals surface area contributed by atoms with Crippen LogP contribution in [-0.2, 0) is 4.74 Å². The second-order valence-electron chi connectivity index (χ2n) is 4.26. The van der Waals surface area contributed by atoms with E-state index in [2.05, 4.69) is 25.4 Å². The summed E-state index contributed by atoms with van der Waals surface area (Å²) in [5, 5.41) is 0. The maximum atomic E-state index is 5.75. The van der Waals surface area contributed by atoms with Gasteiger partial charge in [-0.15, -0.1) is 0 Å². The molecule has 18 heavy (non-hydrogen) atoms. The Kier molecular flexibility index (Phi) is 5.65. The number of hydrogen-bond acceptors (Lipinski definition) is 3. The van der Waals surface area contributed by atoms with E-state index in [4.69, 9.17) is 9.47 Å². The minimum Gasteiger partial charge on any atom is -0.489 e. The Morgan fingerprint density at radius 1 is 1.44 bits per heavy atom. The standard InChI is InChI=1S/C14H22N2O2/c1-6-16-10-13(18-8-7-17-5)12(11(2)3)9-14(16)15-4/h6,9-11H,1,7-8H2,2-5H3. The normalized spacial score (nSPS) is 11.9. The van der Waals surface area contributed by atoms with Crippen molar-refractivity contribution < 1.29 is 9.47 Å². The largest absolute Gasteiger partial charge is 0.489 e. The van der Waals surface area contributed by atoms with Crippen LogP contribution >= 0.6 is 0 Å². The topological polar surface area (TPSA) is 35.8 Å². The van der Waals surface area contributed by atoms with E-state index < -0.39 is 0 Å². The maximum absolute atomic E-state index is 5.75. The van der Waals surface area contributed by atoms with Crippen molar-refractivity contribution in [2.45, 2.75) is 19.8 Å². The highest BCUT2D eigenvalue weighted by Crippen LogP contribution is 2.24. The molecule has 0 bridgehead atoms. The van der Waals surface area contributed by atoms with E-state index in [1.165, 1.54) is 0 Å². The van der Waals surface area contributed by atoms with E-state index >= 15 is 0 Å². The number of hydrogen-bond donors (Lipinski definition) is 0. The van der Waals surface area contributed by atoms with Crippen molar-refractivity contribution >= 4 is 6.20 Å². The van der Waals surface area contributed by atoms with Crippen molar-refractivity contribution in [3.05, 3.63) is 29.9 Å². The Balaban J connectivity index is 3.17. The molecule has 4 nitrogen and oxygen atoms in total. The number of rotatable bonds is 6. The molecular weight excluding hydrogens is 228 g/mol. The van der Waals surface area contributed by atoms with Crippen molar-refractivity contribution in [1.29, 1.82) is 0 Å². The first kappa shape index (κ1) is 14.5. The summed E-state index contributed by atoms with van der Waals surface area (Å²) in [4.78, 5) is 4.23. The second kappa shape index (κ2) is 7.01. The van der Waals surface area contributed by atoms with Gasteiger partial charge in [-0.1, -0.05) is 20.4 Å². The Bertz CT molecular complexity index is 461. The summed E-state index contributed by atoms with van der Waals surface area (Å²) in [6, 6.07) is 2.04. The summed E-state index contributed by atoms with van der Waals surface area (Å²) in [6.07, 6.45) is 3.63. The van der Waals surface area contributed by atoms with E-state index in [1.54, 1.807) is 20.4 Å². The van der Waals surface area contributed by atoms with Gasteiger partial charge in [0.1, 0.15) is 17.8 Å². The van der Waals surface area contributed by atoms with Gasteiger partial charge in [-0.2, -0.15) is 0 Å². The lowest BCUT2D eigenvalue weighted by atomic mass is 10.0. The molecule has 0 saturated heterocycles. The van der Waals surface area contributed by atoms with Crippen LogP contribution in [0.15, 0.2) is 23.8 Å². The van der Waals surface area contributed by atoms with E-state index in [1.807, 2.05) is 16.8 Å². The first-order valence-corrected chi connectivity index (χ1v) is 6.07. The summed E-state index contributed by atoms with van der Waals surface area (Å²) in [7, 11) is 3.43. The summed E-state index contributed by atoms with van der Waals surface area (Å²) >= 11 is 0. The summed E-state index contributed by atoms with van der Waals surface area (Å²) in [6.45, 7) is 9.16. The van der Waals surface area contributed by atoms with Crippen LogP contribution in [0, 0.1) is 0 Å². The number of nitrogens with zero attached hydrogens (tertiary/aromatic N) is 2. The number of pyridine rings is 1. The van der Waals surface area contributed by atoms with Gasteiger partial charge < -0.3 is 14.0 Å². The van der Waals surface area contributed by atoms with E-state index in [9.17, 15) is 0 Å². The molecule has 1 rings (SSSR count). The Morgan fingerprint density at radius 3 is 2.67 bits per heavy atom. The molecule has 0 atom stereocenters. The summed E-state index contributed by atoms with van der Waals surface area (Å²) in [5.74, 6) is 1.23. The minimum absolute atomic E-state index is 0.377. The fraction of sp³-hybridized carbons (Fsp3) is 0.500. The van der Waals surface area contributed by atoms with Crippen LogP contribution < -0.4 is 10.2 Å². The van der Waals surface area contributed by atoms with Gasteiger partial charge in [-0.25, -0.2) is 0 Å². The van der Waals surface area contributed by atoms with Gasteiger partial charge in [0.05, 0.1) is 12.8 Å². The predicted molar refractivity (Wildman–Crippen MR) is 73.8 cm³/mol. The molecule has 1 aromatic heterocycles. The van der Waals surface area contributed by atoms with E-state index in [0.717, 1.165) is 16.8 Å². The van der Waals surface area contributed by atoms with Crippen LogP contribution in [0.3, 0.4) is 0 Å². The van der Waals surface area contributed by atoms with Crippen LogP contribution in [0.2, 0.25) is 0 Å². The number of aromatic nitrogens is 1. The van der Waals surface area contributed by atoms with Gasteiger partial charge in [0.25, 0.3) is 0 Å². The molecular formula is C14H22N2O2. The fourth-order valence-corrected chi connectivity index (χ4v) is 1.68. The van der Waals surface area contributed by atoms with Crippen molar-refractivity contribution in [1.82, 2.24) is 4.57 Å². The van der Waals surface area contributed by atoms with Gasteiger partial charge in [0, 0.05) is 25.9 Å². The molecule has 100 valence electrons. The zero-order valence-electron chi connectivity index (χ0n) is 11.6. The van der Waals surface area contributed by atoms with Gasteiger partial charge in [0.15, 0.2) is 0 Å². The molecule has 1 heterocycles. The van der Waals surface area contributed by atoms with Gasteiger partial charge in [-0.05, 0) is 12.0 Å². The molecule has 0 radical (unpaired) electrons. The Morgan fingerprint density at radius 2 is 2.17 bits per heavy atom. The van der Waals surface area contributed by atoms with Crippen LogP contribution in [0.25, 0.3) is 6.20 Å². The molecule has 0 aliphatic rings. The molecule has 0 aromatic carbocycles. The highest BCUT2D eigenvalue weighted by molar-refractivity contribution is 5.36.